The summed E-state index contributed by atoms with van der Waals surface area (Å²) in [6, 6.07) is 9.53. The molecule has 0 fully saturated rings. The van der Waals surface area contributed by atoms with Crippen molar-refractivity contribution in [3.8, 4) is 16.9 Å². The lowest BCUT2D eigenvalue weighted by Gasteiger charge is -2.13. The summed E-state index contributed by atoms with van der Waals surface area (Å²) in [7, 11) is 1.62. The van der Waals surface area contributed by atoms with Gasteiger partial charge in [0.1, 0.15) is 5.75 Å². The fourth-order valence-electron chi connectivity index (χ4n) is 3.63. The van der Waals surface area contributed by atoms with Gasteiger partial charge in [-0.2, -0.15) is 0 Å². The molecule has 1 aromatic carbocycles. The van der Waals surface area contributed by atoms with Gasteiger partial charge in [-0.25, -0.2) is 19.3 Å². The van der Waals surface area contributed by atoms with E-state index in [9.17, 15) is 4.79 Å². The van der Waals surface area contributed by atoms with Crippen LogP contribution in [0.3, 0.4) is 0 Å². The lowest BCUT2D eigenvalue weighted by atomic mass is 9.96. The number of ether oxygens (including phenoxy) is 2. The molecule has 0 atom stereocenters. The first-order chi connectivity index (χ1) is 13.9. The molecule has 0 saturated carbocycles. The molecule has 0 unspecified atom stereocenters. The molecule has 0 aliphatic heterocycles. The third-order valence-corrected chi connectivity index (χ3v) is 4.87. The van der Waals surface area contributed by atoms with Crippen molar-refractivity contribution in [3.63, 3.8) is 0 Å². The van der Waals surface area contributed by atoms with E-state index in [1.165, 1.54) is 0 Å². The number of pyridine rings is 1. The molecule has 148 valence electrons. The van der Waals surface area contributed by atoms with Crippen LogP contribution in [-0.4, -0.2) is 39.3 Å². The molecule has 0 N–H and O–H groups in total. The molecule has 0 spiro atoms. The maximum Gasteiger partial charge on any atom is 0.340 e. The zero-order valence-corrected chi connectivity index (χ0v) is 17.1. The summed E-state index contributed by atoms with van der Waals surface area (Å²) in [5.74, 6) is 0.326. The summed E-state index contributed by atoms with van der Waals surface area (Å²) in [6.07, 6.45) is 0. The minimum Gasteiger partial charge on any atom is -0.497 e. The number of carbonyl (C=O) groups is 1. The Morgan fingerprint density at radius 2 is 1.83 bits per heavy atom. The van der Waals surface area contributed by atoms with E-state index >= 15 is 0 Å². The van der Waals surface area contributed by atoms with Crippen molar-refractivity contribution in [1.82, 2.24) is 19.6 Å². The molecular weight excluding hydrogens is 368 g/mol. The maximum atomic E-state index is 12.9. The average molecular weight is 390 g/mol. The molecule has 7 nitrogen and oxygen atoms in total. The second-order valence-electron chi connectivity index (χ2n) is 6.87. The molecule has 0 bridgehead atoms. The highest BCUT2D eigenvalue weighted by atomic mass is 16.5. The van der Waals surface area contributed by atoms with Crippen LogP contribution >= 0.6 is 0 Å². The molecule has 3 aromatic heterocycles. The van der Waals surface area contributed by atoms with Gasteiger partial charge in [-0.3, -0.25) is 0 Å². The van der Waals surface area contributed by atoms with Crippen LogP contribution in [0.4, 0.5) is 0 Å². The van der Waals surface area contributed by atoms with Gasteiger partial charge >= 0.3 is 5.97 Å². The van der Waals surface area contributed by atoms with Crippen LogP contribution in [0.5, 0.6) is 5.75 Å². The van der Waals surface area contributed by atoms with E-state index in [0.29, 0.717) is 22.6 Å². The van der Waals surface area contributed by atoms with Crippen LogP contribution in [0, 0.1) is 20.8 Å². The number of fused-ring (bicyclic) bond motifs is 3. The number of carbonyl (C=O) groups excluding carboxylic acids is 1. The first-order valence-corrected chi connectivity index (χ1v) is 9.43. The minimum absolute atomic E-state index is 0.281. The van der Waals surface area contributed by atoms with Gasteiger partial charge in [-0.1, -0.05) is 12.1 Å². The number of aromatic nitrogens is 4. The fraction of sp³-hybridized carbons (Fsp3) is 0.273. The van der Waals surface area contributed by atoms with Gasteiger partial charge in [-0.05, 0) is 51.5 Å². The topological polar surface area (TPSA) is 78.6 Å². The summed E-state index contributed by atoms with van der Waals surface area (Å²) >= 11 is 0. The first kappa shape index (κ1) is 18.9. The largest absolute Gasteiger partial charge is 0.497 e. The minimum atomic E-state index is -0.408. The van der Waals surface area contributed by atoms with Crippen molar-refractivity contribution in [3.05, 3.63) is 53.0 Å². The Kier molecular flexibility index (Phi) is 4.66. The number of hydrogen-bond donors (Lipinski definition) is 0. The lowest BCUT2D eigenvalue weighted by Crippen LogP contribution is -2.10. The number of nitrogens with zero attached hydrogens (tertiary/aromatic N) is 4. The van der Waals surface area contributed by atoms with E-state index in [1.807, 2.05) is 44.2 Å². The highest BCUT2D eigenvalue weighted by molar-refractivity contribution is 6.11. The van der Waals surface area contributed by atoms with Gasteiger partial charge < -0.3 is 9.47 Å². The molecule has 0 saturated heterocycles. The third kappa shape index (κ3) is 3.08. The normalized spacial score (nSPS) is 11.2. The molecule has 0 aliphatic rings. The highest BCUT2D eigenvalue weighted by Gasteiger charge is 2.25. The lowest BCUT2D eigenvalue weighted by molar-refractivity contribution is 0.0526. The summed E-state index contributed by atoms with van der Waals surface area (Å²) in [6.45, 7) is 7.78. The molecule has 3 heterocycles. The summed E-state index contributed by atoms with van der Waals surface area (Å²) in [5, 5.41) is 5.38. The van der Waals surface area contributed by atoms with Crippen molar-refractivity contribution in [2.45, 2.75) is 27.7 Å². The predicted octanol–water partition coefficient (Wildman–Crippen LogP) is 4.06. The molecule has 0 aliphatic carbocycles. The van der Waals surface area contributed by atoms with Crippen molar-refractivity contribution >= 4 is 22.6 Å². The van der Waals surface area contributed by atoms with E-state index in [-0.39, 0.29) is 6.61 Å². The van der Waals surface area contributed by atoms with Crippen molar-refractivity contribution in [2.75, 3.05) is 13.7 Å². The zero-order chi connectivity index (χ0) is 20.7. The molecule has 7 heteroatoms. The van der Waals surface area contributed by atoms with Crippen molar-refractivity contribution in [2.24, 2.45) is 0 Å². The Hall–Kier alpha value is -3.48. The molecule has 4 rings (SSSR count). The molecular formula is C22H22N4O3. The molecule has 29 heavy (non-hydrogen) atoms. The fourth-order valence-corrected chi connectivity index (χ4v) is 3.63. The predicted molar refractivity (Wildman–Crippen MR) is 110 cm³/mol. The average Bonchev–Trinajstić information content (AvgIpc) is 3.05. The molecule has 4 aromatic rings. The van der Waals surface area contributed by atoms with Gasteiger partial charge in [0.2, 0.25) is 0 Å². The smallest absolute Gasteiger partial charge is 0.340 e. The van der Waals surface area contributed by atoms with Gasteiger partial charge in [0.25, 0.3) is 0 Å². The van der Waals surface area contributed by atoms with E-state index in [4.69, 9.17) is 14.5 Å². The van der Waals surface area contributed by atoms with Crippen LogP contribution in [0.25, 0.3) is 27.8 Å². The summed E-state index contributed by atoms with van der Waals surface area (Å²) in [4.78, 5) is 22.2. The number of hydrogen-bond acceptors (Lipinski definition) is 6. The SMILES string of the molecule is CCOC(=O)c1c(C)nc2nn3c(C)cc(C)nc3c2c1-c1ccc(OC)cc1. The van der Waals surface area contributed by atoms with Crippen molar-refractivity contribution in [1.29, 1.82) is 0 Å². The highest BCUT2D eigenvalue weighted by Crippen LogP contribution is 2.36. The number of benzene rings is 1. The zero-order valence-electron chi connectivity index (χ0n) is 17.1. The van der Waals surface area contributed by atoms with E-state index in [2.05, 4.69) is 10.1 Å². The van der Waals surface area contributed by atoms with Gasteiger partial charge in [0.05, 0.1) is 30.4 Å². The number of esters is 1. The Labute approximate surface area is 168 Å². The number of rotatable bonds is 4. The van der Waals surface area contributed by atoms with Gasteiger partial charge in [-0.15, -0.1) is 5.10 Å². The standard InChI is InChI=1S/C22H22N4O3/c1-6-29-22(27)17-14(4)24-20-19(18(17)15-7-9-16(28-5)10-8-15)21-23-12(2)11-13(3)26(21)25-20/h7-11H,6H2,1-5H3. The van der Waals surface area contributed by atoms with Crippen molar-refractivity contribution < 1.29 is 14.3 Å². The Morgan fingerprint density at radius 3 is 2.48 bits per heavy atom. The van der Waals surface area contributed by atoms with Crippen LogP contribution in [-0.2, 0) is 4.74 Å². The van der Waals surface area contributed by atoms with E-state index in [1.54, 1.807) is 25.5 Å². The third-order valence-electron chi connectivity index (χ3n) is 4.87. The van der Waals surface area contributed by atoms with Gasteiger partial charge in [0.15, 0.2) is 11.3 Å². The monoisotopic (exact) mass is 390 g/mol. The molecule has 0 amide bonds. The first-order valence-electron chi connectivity index (χ1n) is 9.43. The Bertz CT molecular complexity index is 1240. The van der Waals surface area contributed by atoms with Crippen LogP contribution < -0.4 is 4.74 Å². The Morgan fingerprint density at radius 1 is 1.10 bits per heavy atom. The van der Waals surface area contributed by atoms with Gasteiger partial charge in [0, 0.05) is 17.0 Å². The second kappa shape index (κ2) is 7.16. The van der Waals surface area contributed by atoms with E-state index < -0.39 is 5.97 Å². The number of aryl methyl sites for hydroxylation is 3. The van der Waals surface area contributed by atoms with Crippen LogP contribution in [0.2, 0.25) is 0 Å². The number of methoxy groups -OCH3 is 1. The maximum absolute atomic E-state index is 12.9. The second-order valence-corrected chi connectivity index (χ2v) is 6.87. The van der Waals surface area contributed by atoms with E-state index in [0.717, 1.165) is 33.7 Å². The van der Waals surface area contributed by atoms with Crippen LogP contribution in [0.15, 0.2) is 30.3 Å². The summed E-state index contributed by atoms with van der Waals surface area (Å²) < 4.78 is 12.4. The quantitative estimate of drug-likeness (QED) is 0.489. The molecule has 0 radical (unpaired) electrons. The Balaban J connectivity index is 2.17. The van der Waals surface area contributed by atoms with Crippen LogP contribution in [0.1, 0.15) is 34.4 Å². The summed E-state index contributed by atoms with van der Waals surface area (Å²) in [5.41, 5.74) is 5.60.